The lowest BCUT2D eigenvalue weighted by atomic mass is 9.90. The molecule has 0 radical (unpaired) electrons. The molecule has 0 aliphatic carbocycles. The summed E-state index contributed by atoms with van der Waals surface area (Å²) in [6, 6.07) is 8.57. The van der Waals surface area contributed by atoms with Crippen molar-refractivity contribution in [2.45, 2.75) is 52.1 Å². The van der Waals surface area contributed by atoms with E-state index in [1.165, 1.54) is 11.1 Å². The van der Waals surface area contributed by atoms with Gasteiger partial charge in [-0.05, 0) is 38.2 Å². The van der Waals surface area contributed by atoms with Gasteiger partial charge in [0.15, 0.2) is 0 Å². The maximum absolute atomic E-state index is 10.1. The van der Waals surface area contributed by atoms with E-state index >= 15 is 0 Å². The Kier molecular flexibility index (Phi) is 4.34. The Bertz CT molecular complexity index is 283. The van der Waals surface area contributed by atoms with Gasteiger partial charge in [0.1, 0.15) is 0 Å². The molecule has 0 aliphatic heterocycles. The van der Waals surface area contributed by atoms with Crippen LogP contribution >= 0.6 is 0 Å². The second-order valence-electron chi connectivity index (χ2n) is 4.42. The lowest BCUT2D eigenvalue weighted by Crippen LogP contribution is -2.27. The van der Waals surface area contributed by atoms with Crippen LogP contribution < -0.4 is 0 Å². The molecule has 0 aliphatic rings. The van der Waals surface area contributed by atoms with Crippen LogP contribution in [0, 0.1) is 6.92 Å². The van der Waals surface area contributed by atoms with E-state index in [0.29, 0.717) is 0 Å². The third kappa shape index (κ3) is 3.67. The fraction of sp³-hybridized carbons (Fsp3) is 0.571. The van der Waals surface area contributed by atoms with Gasteiger partial charge < -0.3 is 5.11 Å². The largest absolute Gasteiger partial charge is 0.390 e. The minimum Gasteiger partial charge on any atom is -0.390 e. The smallest absolute Gasteiger partial charge is 0.0645 e. The number of aryl methyl sites for hydroxylation is 2. The zero-order chi connectivity index (χ0) is 11.3. The van der Waals surface area contributed by atoms with Gasteiger partial charge in [-0.25, -0.2) is 0 Å². The third-order valence-electron chi connectivity index (χ3n) is 3.32. The highest BCUT2D eigenvalue weighted by Gasteiger charge is 2.21. The Labute approximate surface area is 93.1 Å². The van der Waals surface area contributed by atoms with E-state index in [0.717, 1.165) is 25.7 Å². The van der Waals surface area contributed by atoms with E-state index < -0.39 is 5.60 Å². The van der Waals surface area contributed by atoms with E-state index in [4.69, 9.17) is 0 Å². The molecule has 0 amide bonds. The molecule has 1 aromatic rings. The summed E-state index contributed by atoms with van der Waals surface area (Å²) in [4.78, 5) is 0. The normalized spacial score (nSPS) is 11.7. The van der Waals surface area contributed by atoms with Crippen LogP contribution in [0.1, 0.15) is 44.2 Å². The number of hydrogen-bond acceptors (Lipinski definition) is 1. The maximum atomic E-state index is 10.1. The van der Waals surface area contributed by atoms with Crippen LogP contribution in [-0.2, 0) is 6.42 Å². The zero-order valence-corrected chi connectivity index (χ0v) is 10.1. The number of aliphatic hydroxyl groups is 1. The van der Waals surface area contributed by atoms with Crippen molar-refractivity contribution in [2.24, 2.45) is 0 Å². The molecule has 0 unspecified atom stereocenters. The molecule has 0 bridgehead atoms. The summed E-state index contributed by atoms with van der Waals surface area (Å²) in [6.45, 7) is 6.20. The number of hydrogen-bond donors (Lipinski definition) is 1. The van der Waals surface area contributed by atoms with Gasteiger partial charge in [-0.1, -0.05) is 43.7 Å². The average molecular weight is 206 g/mol. The van der Waals surface area contributed by atoms with E-state index in [-0.39, 0.29) is 0 Å². The molecule has 0 fully saturated rings. The van der Waals surface area contributed by atoms with Gasteiger partial charge in [0.25, 0.3) is 0 Å². The van der Waals surface area contributed by atoms with Crippen LogP contribution in [0.2, 0.25) is 0 Å². The first-order valence-electron chi connectivity index (χ1n) is 5.87. The van der Waals surface area contributed by atoms with Crippen molar-refractivity contribution < 1.29 is 5.11 Å². The highest BCUT2D eigenvalue weighted by Crippen LogP contribution is 2.21. The van der Waals surface area contributed by atoms with E-state index in [2.05, 4.69) is 45.0 Å². The van der Waals surface area contributed by atoms with Crippen LogP contribution in [-0.4, -0.2) is 10.7 Å². The number of rotatable bonds is 5. The molecular weight excluding hydrogens is 184 g/mol. The molecule has 1 rings (SSSR count). The Morgan fingerprint density at radius 1 is 1.07 bits per heavy atom. The van der Waals surface area contributed by atoms with Gasteiger partial charge in [0, 0.05) is 0 Å². The van der Waals surface area contributed by atoms with E-state index in [1.54, 1.807) is 0 Å². The van der Waals surface area contributed by atoms with Crippen molar-refractivity contribution in [3.05, 3.63) is 35.4 Å². The lowest BCUT2D eigenvalue weighted by molar-refractivity contribution is 0.0239. The summed E-state index contributed by atoms with van der Waals surface area (Å²) < 4.78 is 0. The second-order valence-corrected chi connectivity index (χ2v) is 4.42. The highest BCUT2D eigenvalue weighted by molar-refractivity contribution is 5.21. The van der Waals surface area contributed by atoms with Crippen LogP contribution in [0.15, 0.2) is 24.3 Å². The van der Waals surface area contributed by atoms with Crippen molar-refractivity contribution in [3.63, 3.8) is 0 Å². The van der Waals surface area contributed by atoms with Crippen molar-refractivity contribution in [1.29, 1.82) is 0 Å². The lowest BCUT2D eigenvalue weighted by Gasteiger charge is -2.25. The molecule has 0 saturated carbocycles. The van der Waals surface area contributed by atoms with Crippen molar-refractivity contribution in [1.82, 2.24) is 0 Å². The van der Waals surface area contributed by atoms with Gasteiger partial charge >= 0.3 is 0 Å². The minimum atomic E-state index is -0.467. The molecule has 0 aromatic heterocycles. The van der Waals surface area contributed by atoms with Gasteiger partial charge in [-0.2, -0.15) is 0 Å². The molecule has 0 spiro atoms. The Morgan fingerprint density at radius 2 is 1.60 bits per heavy atom. The molecule has 0 atom stereocenters. The van der Waals surface area contributed by atoms with Crippen molar-refractivity contribution >= 4 is 0 Å². The Balaban J connectivity index is 2.53. The van der Waals surface area contributed by atoms with E-state index in [9.17, 15) is 5.11 Å². The second kappa shape index (κ2) is 5.32. The fourth-order valence-electron chi connectivity index (χ4n) is 1.74. The first kappa shape index (κ1) is 12.3. The average Bonchev–Trinajstić information content (AvgIpc) is 2.28. The fourth-order valence-corrected chi connectivity index (χ4v) is 1.74. The predicted molar refractivity (Wildman–Crippen MR) is 65.0 cm³/mol. The monoisotopic (exact) mass is 206 g/mol. The SMILES string of the molecule is CCC(O)(CC)CCc1ccc(C)cc1. The quantitative estimate of drug-likeness (QED) is 0.782. The van der Waals surface area contributed by atoms with Gasteiger partial charge in [0.2, 0.25) is 0 Å². The first-order valence-corrected chi connectivity index (χ1v) is 5.87. The van der Waals surface area contributed by atoms with Crippen LogP contribution in [0.3, 0.4) is 0 Å². The van der Waals surface area contributed by atoms with Gasteiger partial charge in [0.05, 0.1) is 5.60 Å². The molecule has 1 nitrogen and oxygen atoms in total. The van der Waals surface area contributed by atoms with E-state index in [1.807, 2.05) is 0 Å². The molecule has 84 valence electrons. The maximum Gasteiger partial charge on any atom is 0.0645 e. The van der Waals surface area contributed by atoms with Gasteiger partial charge in [-0.3, -0.25) is 0 Å². The summed E-state index contributed by atoms with van der Waals surface area (Å²) in [5, 5.41) is 10.1. The summed E-state index contributed by atoms with van der Waals surface area (Å²) in [7, 11) is 0. The predicted octanol–water partition coefficient (Wildman–Crippen LogP) is 3.48. The highest BCUT2D eigenvalue weighted by atomic mass is 16.3. The topological polar surface area (TPSA) is 20.2 Å². The molecule has 0 heterocycles. The summed E-state index contributed by atoms with van der Waals surface area (Å²) >= 11 is 0. The molecule has 1 heteroatoms. The molecule has 1 aromatic carbocycles. The molecule has 15 heavy (non-hydrogen) atoms. The van der Waals surface area contributed by atoms with Crippen LogP contribution in [0.5, 0.6) is 0 Å². The first-order chi connectivity index (χ1) is 7.09. The summed E-state index contributed by atoms with van der Waals surface area (Å²) in [5.74, 6) is 0. The summed E-state index contributed by atoms with van der Waals surface area (Å²) in [6.07, 6.45) is 3.52. The Hall–Kier alpha value is -0.820. The van der Waals surface area contributed by atoms with Gasteiger partial charge in [-0.15, -0.1) is 0 Å². The van der Waals surface area contributed by atoms with Crippen molar-refractivity contribution in [3.8, 4) is 0 Å². The third-order valence-corrected chi connectivity index (χ3v) is 3.32. The molecular formula is C14H22O. The summed E-state index contributed by atoms with van der Waals surface area (Å²) in [5.41, 5.74) is 2.14. The molecule has 0 saturated heterocycles. The van der Waals surface area contributed by atoms with Crippen LogP contribution in [0.25, 0.3) is 0 Å². The zero-order valence-electron chi connectivity index (χ0n) is 10.1. The Morgan fingerprint density at radius 3 is 2.07 bits per heavy atom. The van der Waals surface area contributed by atoms with Crippen LogP contribution in [0.4, 0.5) is 0 Å². The molecule has 1 N–H and O–H groups in total. The van der Waals surface area contributed by atoms with Crippen molar-refractivity contribution in [2.75, 3.05) is 0 Å². The standard InChI is InChI=1S/C14H22O/c1-4-14(15,5-2)11-10-13-8-6-12(3)7-9-13/h6-9,15H,4-5,10-11H2,1-3H3. The number of benzene rings is 1. The minimum absolute atomic E-state index is 0.467.